The van der Waals surface area contributed by atoms with Crippen molar-refractivity contribution in [2.45, 2.75) is 52.5 Å². The minimum absolute atomic E-state index is 0.0292. The molecule has 0 fully saturated rings. The molecule has 20 heavy (non-hydrogen) atoms. The van der Waals surface area contributed by atoms with E-state index in [0.29, 0.717) is 6.61 Å². The van der Waals surface area contributed by atoms with Crippen molar-refractivity contribution in [2.24, 2.45) is 0 Å². The lowest BCUT2D eigenvalue weighted by molar-refractivity contribution is 0.297. The van der Waals surface area contributed by atoms with Crippen LogP contribution in [-0.2, 0) is 12.0 Å². The van der Waals surface area contributed by atoms with E-state index in [1.807, 2.05) is 12.1 Å². The maximum Gasteiger partial charge on any atom is 0.213 e. The monoisotopic (exact) mass is 276 g/mol. The SMILES string of the molecule is C=CCCCOc1cc(CNCC)cc(C(C)(C)C)n1. The molecule has 1 N–H and O–H groups in total. The van der Waals surface area contributed by atoms with Crippen LogP contribution in [0.15, 0.2) is 24.8 Å². The van der Waals surface area contributed by atoms with Crippen molar-refractivity contribution >= 4 is 0 Å². The predicted octanol–water partition coefficient (Wildman–Crippen LogP) is 3.83. The molecule has 112 valence electrons. The number of pyridine rings is 1. The first-order chi connectivity index (χ1) is 9.47. The summed E-state index contributed by atoms with van der Waals surface area (Å²) in [7, 11) is 0. The van der Waals surface area contributed by atoms with E-state index >= 15 is 0 Å². The van der Waals surface area contributed by atoms with Gasteiger partial charge in [0.25, 0.3) is 0 Å². The topological polar surface area (TPSA) is 34.1 Å². The van der Waals surface area contributed by atoms with E-state index in [9.17, 15) is 0 Å². The Morgan fingerprint density at radius 1 is 1.35 bits per heavy atom. The van der Waals surface area contributed by atoms with Gasteiger partial charge >= 0.3 is 0 Å². The molecule has 0 radical (unpaired) electrons. The van der Waals surface area contributed by atoms with Crippen LogP contribution in [-0.4, -0.2) is 18.1 Å². The largest absolute Gasteiger partial charge is 0.478 e. The van der Waals surface area contributed by atoms with Crippen LogP contribution in [0.5, 0.6) is 5.88 Å². The maximum atomic E-state index is 5.78. The van der Waals surface area contributed by atoms with Crippen molar-refractivity contribution in [1.82, 2.24) is 10.3 Å². The van der Waals surface area contributed by atoms with Crippen molar-refractivity contribution in [3.05, 3.63) is 36.0 Å². The number of nitrogens with one attached hydrogen (secondary N) is 1. The Bertz CT molecular complexity index is 421. The zero-order valence-corrected chi connectivity index (χ0v) is 13.3. The fourth-order valence-corrected chi connectivity index (χ4v) is 1.79. The van der Waals surface area contributed by atoms with Gasteiger partial charge in [0.15, 0.2) is 0 Å². The van der Waals surface area contributed by atoms with Crippen molar-refractivity contribution in [1.29, 1.82) is 0 Å². The molecule has 3 heteroatoms. The molecule has 0 aromatic carbocycles. The van der Waals surface area contributed by atoms with E-state index in [1.165, 1.54) is 5.56 Å². The van der Waals surface area contributed by atoms with Crippen molar-refractivity contribution in [3.8, 4) is 5.88 Å². The fraction of sp³-hybridized carbons (Fsp3) is 0.588. The summed E-state index contributed by atoms with van der Waals surface area (Å²) in [6, 6.07) is 4.20. The summed E-state index contributed by atoms with van der Waals surface area (Å²) in [5, 5.41) is 3.35. The summed E-state index contributed by atoms with van der Waals surface area (Å²) in [5.41, 5.74) is 2.33. The minimum Gasteiger partial charge on any atom is -0.478 e. The molecular weight excluding hydrogens is 248 g/mol. The van der Waals surface area contributed by atoms with E-state index in [-0.39, 0.29) is 5.41 Å². The summed E-state index contributed by atoms with van der Waals surface area (Å²) < 4.78 is 5.78. The fourth-order valence-electron chi connectivity index (χ4n) is 1.79. The van der Waals surface area contributed by atoms with Crippen LogP contribution in [0.2, 0.25) is 0 Å². The number of ether oxygens (including phenoxy) is 1. The molecule has 0 atom stereocenters. The molecular formula is C17H28N2O. The van der Waals surface area contributed by atoms with Gasteiger partial charge in [0, 0.05) is 18.0 Å². The van der Waals surface area contributed by atoms with Crippen LogP contribution in [0.3, 0.4) is 0 Å². The Balaban J connectivity index is 2.83. The first-order valence-electron chi connectivity index (χ1n) is 7.43. The standard InChI is InChI=1S/C17H28N2O/c1-6-8-9-10-20-16-12-14(13-18-7-2)11-15(19-16)17(3,4)5/h6,11-12,18H,1,7-10,13H2,2-5H3. The van der Waals surface area contributed by atoms with Crippen LogP contribution < -0.4 is 10.1 Å². The van der Waals surface area contributed by atoms with Gasteiger partial charge < -0.3 is 10.1 Å². The minimum atomic E-state index is 0.0292. The zero-order valence-electron chi connectivity index (χ0n) is 13.3. The summed E-state index contributed by atoms with van der Waals surface area (Å²) in [6.45, 7) is 14.9. The zero-order chi connectivity index (χ0) is 15.0. The van der Waals surface area contributed by atoms with Gasteiger partial charge in [0.2, 0.25) is 5.88 Å². The lowest BCUT2D eigenvalue weighted by Gasteiger charge is -2.20. The molecule has 1 rings (SSSR count). The quantitative estimate of drug-likeness (QED) is 0.579. The molecule has 0 bridgehead atoms. The lowest BCUT2D eigenvalue weighted by atomic mass is 9.91. The number of unbranched alkanes of at least 4 members (excludes halogenated alkanes) is 1. The number of allylic oxidation sites excluding steroid dienone is 1. The number of nitrogens with zero attached hydrogens (tertiary/aromatic N) is 1. The van der Waals surface area contributed by atoms with Crippen LogP contribution >= 0.6 is 0 Å². The second-order valence-electron chi connectivity index (χ2n) is 6.01. The highest BCUT2D eigenvalue weighted by Crippen LogP contribution is 2.24. The van der Waals surface area contributed by atoms with Crippen LogP contribution in [0.1, 0.15) is 51.8 Å². The maximum absolute atomic E-state index is 5.78. The number of aromatic nitrogens is 1. The number of hydrogen-bond donors (Lipinski definition) is 1. The normalized spacial score (nSPS) is 11.4. The Morgan fingerprint density at radius 2 is 2.10 bits per heavy atom. The molecule has 0 saturated heterocycles. The van der Waals surface area contributed by atoms with Crippen molar-refractivity contribution in [3.63, 3.8) is 0 Å². The van der Waals surface area contributed by atoms with Gasteiger partial charge in [0.1, 0.15) is 0 Å². The summed E-state index contributed by atoms with van der Waals surface area (Å²) in [5.74, 6) is 0.731. The number of rotatable bonds is 8. The third kappa shape index (κ3) is 5.74. The molecule has 0 amide bonds. The Hall–Kier alpha value is -1.35. The van der Waals surface area contributed by atoms with E-state index in [0.717, 1.165) is 37.5 Å². The molecule has 0 aliphatic carbocycles. The molecule has 0 aliphatic heterocycles. The smallest absolute Gasteiger partial charge is 0.213 e. The van der Waals surface area contributed by atoms with Gasteiger partial charge in [-0.2, -0.15) is 0 Å². The average molecular weight is 276 g/mol. The second-order valence-corrected chi connectivity index (χ2v) is 6.01. The average Bonchev–Trinajstić information content (AvgIpc) is 2.40. The van der Waals surface area contributed by atoms with Crippen molar-refractivity contribution in [2.75, 3.05) is 13.2 Å². The van der Waals surface area contributed by atoms with E-state index in [4.69, 9.17) is 4.74 Å². The highest BCUT2D eigenvalue weighted by Gasteiger charge is 2.17. The molecule has 0 spiro atoms. The first kappa shape index (κ1) is 16.7. The molecule has 0 aliphatic rings. The molecule has 0 saturated carbocycles. The molecule has 1 heterocycles. The van der Waals surface area contributed by atoms with E-state index < -0.39 is 0 Å². The molecule has 1 aromatic heterocycles. The van der Waals surface area contributed by atoms with Gasteiger partial charge in [-0.15, -0.1) is 6.58 Å². The predicted molar refractivity (Wildman–Crippen MR) is 85.2 cm³/mol. The highest BCUT2D eigenvalue weighted by atomic mass is 16.5. The Kier molecular flexibility index (Phi) is 6.73. The van der Waals surface area contributed by atoms with Crippen molar-refractivity contribution < 1.29 is 4.74 Å². The van der Waals surface area contributed by atoms with E-state index in [1.54, 1.807) is 0 Å². The van der Waals surface area contributed by atoms with Gasteiger partial charge in [-0.1, -0.05) is 33.8 Å². The third-order valence-corrected chi connectivity index (χ3v) is 3.01. The lowest BCUT2D eigenvalue weighted by Crippen LogP contribution is -2.17. The van der Waals surface area contributed by atoms with Crippen LogP contribution in [0.25, 0.3) is 0 Å². The summed E-state index contributed by atoms with van der Waals surface area (Å²) in [6.07, 6.45) is 3.87. The second kappa shape index (κ2) is 8.05. The van der Waals surface area contributed by atoms with Gasteiger partial charge in [-0.05, 0) is 31.0 Å². The summed E-state index contributed by atoms with van der Waals surface area (Å²) >= 11 is 0. The van der Waals surface area contributed by atoms with Crippen LogP contribution in [0, 0.1) is 0 Å². The van der Waals surface area contributed by atoms with Gasteiger partial charge in [-0.25, -0.2) is 4.98 Å². The highest BCUT2D eigenvalue weighted by molar-refractivity contribution is 5.28. The Morgan fingerprint density at radius 3 is 2.70 bits per heavy atom. The molecule has 0 unspecified atom stereocenters. The summed E-state index contributed by atoms with van der Waals surface area (Å²) in [4.78, 5) is 4.63. The third-order valence-electron chi connectivity index (χ3n) is 3.01. The number of hydrogen-bond acceptors (Lipinski definition) is 3. The molecule has 3 nitrogen and oxygen atoms in total. The first-order valence-corrected chi connectivity index (χ1v) is 7.43. The van der Waals surface area contributed by atoms with E-state index in [2.05, 4.69) is 50.6 Å². The van der Waals surface area contributed by atoms with Gasteiger partial charge in [0.05, 0.1) is 12.3 Å². The van der Waals surface area contributed by atoms with Gasteiger partial charge in [-0.3, -0.25) is 0 Å². The molecule has 1 aromatic rings. The Labute approximate surface area is 123 Å². The van der Waals surface area contributed by atoms with Crippen LogP contribution in [0.4, 0.5) is 0 Å².